The van der Waals surface area contributed by atoms with Gasteiger partial charge in [0.2, 0.25) is 0 Å². The van der Waals surface area contributed by atoms with Gasteiger partial charge in [0, 0.05) is 6.54 Å². The van der Waals surface area contributed by atoms with Crippen LogP contribution in [0, 0.1) is 0 Å². The molecule has 1 atom stereocenters. The average molecular weight is 272 g/mol. The number of allylic oxidation sites excluding steroid dienone is 2. The second kappa shape index (κ2) is 7.85. The van der Waals surface area contributed by atoms with Crippen LogP contribution >= 0.6 is 0 Å². The Bertz CT molecular complexity index is 453. The third kappa shape index (κ3) is 3.94. The first kappa shape index (κ1) is 14.8. The molecule has 1 aromatic carbocycles. The molecule has 0 saturated heterocycles. The minimum Gasteiger partial charge on any atom is -0.411 e. The summed E-state index contributed by atoms with van der Waals surface area (Å²) >= 11 is 0. The van der Waals surface area contributed by atoms with Gasteiger partial charge in [-0.2, -0.15) is 0 Å². The third-order valence-corrected chi connectivity index (χ3v) is 3.93. The normalized spacial score (nSPS) is 21.9. The van der Waals surface area contributed by atoms with Gasteiger partial charge in [-0.05, 0) is 37.8 Å². The Kier molecular flexibility index (Phi) is 5.81. The Balaban J connectivity index is 2.13. The monoisotopic (exact) mass is 272 g/mol. The first-order chi connectivity index (χ1) is 9.85. The topological polar surface area (TPSA) is 35.8 Å². The second-order valence-electron chi connectivity index (χ2n) is 5.24. The van der Waals surface area contributed by atoms with Crippen molar-refractivity contribution in [1.82, 2.24) is 4.90 Å². The summed E-state index contributed by atoms with van der Waals surface area (Å²) in [5.74, 6) is 0. The van der Waals surface area contributed by atoms with Gasteiger partial charge in [-0.1, -0.05) is 54.6 Å². The Morgan fingerprint density at radius 3 is 2.65 bits per heavy atom. The lowest BCUT2D eigenvalue weighted by Gasteiger charge is -2.31. The van der Waals surface area contributed by atoms with Crippen molar-refractivity contribution in [2.24, 2.45) is 5.16 Å². The highest BCUT2D eigenvalue weighted by atomic mass is 16.4. The van der Waals surface area contributed by atoms with Gasteiger partial charge in [-0.15, -0.1) is 0 Å². The van der Waals surface area contributed by atoms with Crippen molar-refractivity contribution in [3.05, 3.63) is 48.0 Å². The molecule has 0 aliphatic heterocycles. The van der Waals surface area contributed by atoms with E-state index >= 15 is 0 Å². The molecule has 0 amide bonds. The van der Waals surface area contributed by atoms with Crippen molar-refractivity contribution in [2.45, 2.75) is 45.2 Å². The summed E-state index contributed by atoms with van der Waals surface area (Å²) in [4.78, 5) is 2.41. The van der Waals surface area contributed by atoms with E-state index in [2.05, 4.69) is 53.4 Å². The van der Waals surface area contributed by atoms with Crippen LogP contribution in [0.1, 0.15) is 38.2 Å². The Labute approximate surface area is 121 Å². The summed E-state index contributed by atoms with van der Waals surface area (Å²) in [5, 5.41) is 12.9. The molecule has 1 aromatic rings. The first-order valence-electron chi connectivity index (χ1n) is 7.49. The van der Waals surface area contributed by atoms with Gasteiger partial charge >= 0.3 is 0 Å². The van der Waals surface area contributed by atoms with Crippen molar-refractivity contribution in [3.63, 3.8) is 0 Å². The molecule has 0 saturated carbocycles. The highest BCUT2D eigenvalue weighted by molar-refractivity contribution is 5.89. The summed E-state index contributed by atoms with van der Waals surface area (Å²) < 4.78 is 0. The van der Waals surface area contributed by atoms with Crippen LogP contribution in [0.5, 0.6) is 0 Å². The molecule has 3 nitrogen and oxygen atoms in total. The van der Waals surface area contributed by atoms with Crippen LogP contribution in [0.2, 0.25) is 0 Å². The summed E-state index contributed by atoms with van der Waals surface area (Å²) in [6.45, 7) is 4.04. The van der Waals surface area contributed by atoms with Gasteiger partial charge in [-0.25, -0.2) is 0 Å². The molecule has 2 rings (SSSR count). The van der Waals surface area contributed by atoms with Crippen molar-refractivity contribution in [2.75, 3.05) is 6.54 Å². The number of hydrogen-bond acceptors (Lipinski definition) is 3. The molecule has 3 heteroatoms. The lowest BCUT2D eigenvalue weighted by molar-refractivity contribution is 0.225. The fraction of sp³-hybridized carbons (Fsp3) is 0.471. The third-order valence-electron chi connectivity index (χ3n) is 3.93. The quantitative estimate of drug-likeness (QED) is 0.513. The van der Waals surface area contributed by atoms with Crippen LogP contribution in [0.3, 0.4) is 0 Å². The summed E-state index contributed by atoms with van der Waals surface area (Å²) in [6, 6.07) is 10.7. The molecule has 0 aromatic heterocycles. The van der Waals surface area contributed by atoms with Gasteiger partial charge < -0.3 is 5.21 Å². The average Bonchev–Trinajstić information content (AvgIpc) is 2.47. The van der Waals surface area contributed by atoms with Crippen LogP contribution in [0.15, 0.2) is 47.6 Å². The van der Waals surface area contributed by atoms with Gasteiger partial charge in [0.1, 0.15) is 0 Å². The molecule has 0 spiro atoms. The van der Waals surface area contributed by atoms with E-state index in [1.165, 1.54) is 5.56 Å². The Morgan fingerprint density at radius 2 is 1.95 bits per heavy atom. The highest BCUT2D eigenvalue weighted by Crippen LogP contribution is 2.18. The fourth-order valence-electron chi connectivity index (χ4n) is 2.82. The molecule has 1 N–H and O–H groups in total. The van der Waals surface area contributed by atoms with E-state index in [0.717, 1.165) is 44.5 Å². The van der Waals surface area contributed by atoms with E-state index in [-0.39, 0.29) is 6.04 Å². The molecule has 1 aliphatic rings. The van der Waals surface area contributed by atoms with E-state index in [1.54, 1.807) is 0 Å². The Hall–Kier alpha value is -1.61. The molecule has 0 fully saturated rings. The number of rotatable bonds is 4. The molecule has 20 heavy (non-hydrogen) atoms. The zero-order valence-corrected chi connectivity index (χ0v) is 12.2. The van der Waals surface area contributed by atoms with Crippen molar-refractivity contribution >= 4 is 5.71 Å². The summed E-state index contributed by atoms with van der Waals surface area (Å²) in [7, 11) is 0. The SMILES string of the molecule is CCN(Cc1ccccc1)[C@H]1CCC=CCC/C1=N/O. The van der Waals surface area contributed by atoms with Gasteiger partial charge in [0.25, 0.3) is 0 Å². The zero-order valence-electron chi connectivity index (χ0n) is 12.2. The van der Waals surface area contributed by atoms with E-state index in [4.69, 9.17) is 0 Å². The standard InChI is InChI=1S/C17H24N2O/c1-2-19(14-15-10-6-5-7-11-15)17-13-9-4-3-8-12-16(17)18-20/h3-7,10-11,17,20H,2,8-9,12-14H2,1H3/b4-3?,18-16-/t17-/m0/s1. The van der Waals surface area contributed by atoms with Crippen LogP contribution < -0.4 is 0 Å². The molecule has 0 radical (unpaired) electrons. The molecule has 0 unspecified atom stereocenters. The maximum Gasteiger partial charge on any atom is 0.0745 e. The lowest BCUT2D eigenvalue weighted by atomic mass is 9.96. The molecule has 0 heterocycles. The maximum atomic E-state index is 9.33. The van der Waals surface area contributed by atoms with E-state index in [9.17, 15) is 5.21 Å². The van der Waals surface area contributed by atoms with Gasteiger partial charge in [0.05, 0.1) is 11.8 Å². The Morgan fingerprint density at radius 1 is 1.20 bits per heavy atom. The van der Waals surface area contributed by atoms with Crippen LogP contribution in [0.25, 0.3) is 0 Å². The minimum absolute atomic E-state index is 0.246. The zero-order chi connectivity index (χ0) is 14.2. The summed E-state index contributed by atoms with van der Waals surface area (Å²) in [5.41, 5.74) is 2.23. The van der Waals surface area contributed by atoms with Crippen molar-refractivity contribution in [1.29, 1.82) is 0 Å². The predicted molar refractivity (Wildman–Crippen MR) is 83.1 cm³/mol. The second-order valence-corrected chi connectivity index (χ2v) is 5.24. The number of hydrogen-bond donors (Lipinski definition) is 1. The molecular weight excluding hydrogens is 248 g/mol. The minimum atomic E-state index is 0.246. The number of oxime groups is 1. The molecule has 0 bridgehead atoms. The van der Waals surface area contributed by atoms with E-state index < -0.39 is 0 Å². The van der Waals surface area contributed by atoms with Gasteiger partial charge in [0.15, 0.2) is 0 Å². The summed E-state index contributed by atoms with van der Waals surface area (Å²) in [6.07, 6.45) is 8.33. The van der Waals surface area contributed by atoms with E-state index in [1.807, 2.05) is 6.07 Å². The highest BCUT2D eigenvalue weighted by Gasteiger charge is 2.23. The molecule has 1 aliphatic carbocycles. The lowest BCUT2D eigenvalue weighted by Crippen LogP contribution is -2.41. The molecule has 108 valence electrons. The fourth-order valence-corrected chi connectivity index (χ4v) is 2.82. The number of nitrogens with zero attached hydrogens (tertiary/aromatic N) is 2. The first-order valence-corrected chi connectivity index (χ1v) is 7.49. The predicted octanol–water partition coefficient (Wildman–Crippen LogP) is 3.84. The van der Waals surface area contributed by atoms with Crippen LogP contribution in [-0.2, 0) is 6.54 Å². The number of benzene rings is 1. The van der Waals surface area contributed by atoms with Crippen molar-refractivity contribution in [3.8, 4) is 0 Å². The molecular formula is C17H24N2O. The smallest absolute Gasteiger partial charge is 0.0745 e. The van der Waals surface area contributed by atoms with Gasteiger partial charge in [-0.3, -0.25) is 4.90 Å². The van der Waals surface area contributed by atoms with Crippen molar-refractivity contribution < 1.29 is 5.21 Å². The van der Waals surface area contributed by atoms with Crippen LogP contribution in [-0.4, -0.2) is 28.4 Å². The van der Waals surface area contributed by atoms with Crippen LogP contribution in [0.4, 0.5) is 0 Å². The maximum absolute atomic E-state index is 9.33. The largest absolute Gasteiger partial charge is 0.411 e. The van der Waals surface area contributed by atoms with E-state index in [0.29, 0.717) is 0 Å².